The van der Waals surface area contributed by atoms with Crippen molar-refractivity contribution >= 4 is 17.1 Å². The summed E-state index contributed by atoms with van der Waals surface area (Å²) < 4.78 is 13.1. The minimum absolute atomic E-state index is 0.0750. The second-order valence-electron chi connectivity index (χ2n) is 6.75. The molecule has 1 fully saturated rings. The van der Waals surface area contributed by atoms with E-state index in [1.165, 1.54) is 12.1 Å². The van der Waals surface area contributed by atoms with Crippen LogP contribution in [0.25, 0.3) is 22.6 Å². The molecule has 0 aliphatic heterocycles. The number of hydrogen-bond acceptors (Lipinski definition) is 4. The number of aromatic amines is 1. The molecule has 1 amide bonds. The number of carbonyl (C=O) groups is 1. The lowest BCUT2D eigenvalue weighted by atomic mass is 9.98. The molecule has 0 saturated heterocycles. The zero-order valence-electron chi connectivity index (χ0n) is 14.1. The third-order valence-corrected chi connectivity index (χ3v) is 4.99. The van der Waals surface area contributed by atoms with Crippen LogP contribution in [0.3, 0.4) is 0 Å². The van der Waals surface area contributed by atoms with Crippen molar-refractivity contribution in [2.24, 2.45) is 0 Å². The molecule has 0 atom stereocenters. The van der Waals surface area contributed by atoms with E-state index < -0.39 is 5.54 Å². The molecule has 3 N–H and O–H groups in total. The van der Waals surface area contributed by atoms with E-state index in [4.69, 9.17) is 0 Å². The average molecular weight is 354 g/mol. The number of rotatable bonds is 4. The Morgan fingerprint density at radius 1 is 1.23 bits per heavy atom. The van der Waals surface area contributed by atoms with Crippen molar-refractivity contribution in [3.63, 3.8) is 0 Å². The minimum Gasteiger partial charge on any atom is -0.394 e. The summed E-state index contributed by atoms with van der Waals surface area (Å²) in [6, 6.07) is 7.56. The molecule has 26 heavy (non-hydrogen) atoms. The van der Waals surface area contributed by atoms with Crippen LogP contribution in [0.2, 0.25) is 0 Å². The summed E-state index contributed by atoms with van der Waals surface area (Å²) in [5.74, 6) is -0.0788. The molecule has 6 nitrogen and oxygen atoms in total. The SMILES string of the molecule is O=C(NC1(CO)CCCC1)c1ccnc2[nH]c(-c3ccc(F)cc3)nc12. The molecule has 0 spiro atoms. The molecule has 0 radical (unpaired) electrons. The van der Waals surface area contributed by atoms with Gasteiger partial charge in [-0.05, 0) is 43.2 Å². The van der Waals surface area contributed by atoms with Gasteiger partial charge in [-0.2, -0.15) is 0 Å². The van der Waals surface area contributed by atoms with Gasteiger partial charge in [0.15, 0.2) is 5.65 Å². The van der Waals surface area contributed by atoms with Gasteiger partial charge in [-0.1, -0.05) is 12.8 Å². The number of benzene rings is 1. The largest absolute Gasteiger partial charge is 0.394 e. The van der Waals surface area contributed by atoms with Gasteiger partial charge in [0.2, 0.25) is 0 Å². The lowest BCUT2D eigenvalue weighted by molar-refractivity contribution is 0.0840. The zero-order valence-corrected chi connectivity index (χ0v) is 14.1. The first-order chi connectivity index (χ1) is 12.6. The smallest absolute Gasteiger partial charge is 0.254 e. The normalized spacial score (nSPS) is 16.1. The van der Waals surface area contributed by atoms with Gasteiger partial charge in [-0.25, -0.2) is 14.4 Å². The number of H-pyrrole nitrogens is 1. The molecule has 2 aromatic heterocycles. The van der Waals surface area contributed by atoms with Crippen molar-refractivity contribution in [3.8, 4) is 11.4 Å². The number of fused-ring (bicyclic) bond motifs is 1. The lowest BCUT2D eigenvalue weighted by Gasteiger charge is -2.27. The summed E-state index contributed by atoms with van der Waals surface area (Å²) in [5.41, 5.74) is 1.50. The molecule has 4 rings (SSSR count). The monoisotopic (exact) mass is 354 g/mol. The fraction of sp³-hybridized carbons (Fsp3) is 0.316. The van der Waals surface area contributed by atoms with Gasteiger partial charge in [-0.3, -0.25) is 4.79 Å². The zero-order chi connectivity index (χ0) is 18.1. The summed E-state index contributed by atoms with van der Waals surface area (Å²) >= 11 is 0. The van der Waals surface area contributed by atoms with Crippen LogP contribution in [0.15, 0.2) is 36.5 Å². The first-order valence-corrected chi connectivity index (χ1v) is 8.64. The molecule has 0 unspecified atom stereocenters. The molecular weight excluding hydrogens is 335 g/mol. The van der Waals surface area contributed by atoms with Crippen molar-refractivity contribution in [1.29, 1.82) is 0 Å². The van der Waals surface area contributed by atoms with Crippen LogP contribution in [-0.4, -0.2) is 38.1 Å². The Balaban J connectivity index is 1.69. The molecule has 0 bridgehead atoms. The maximum Gasteiger partial charge on any atom is 0.254 e. The van der Waals surface area contributed by atoms with Crippen molar-refractivity contribution in [3.05, 3.63) is 47.9 Å². The highest BCUT2D eigenvalue weighted by molar-refractivity contribution is 6.04. The molecule has 7 heteroatoms. The first kappa shape index (κ1) is 16.7. The third-order valence-electron chi connectivity index (χ3n) is 4.99. The number of aliphatic hydroxyl groups is 1. The highest BCUT2D eigenvalue weighted by atomic mass is 19.1. The maximum atomic E-state index is 13.1. The van der Waals surface area contributed by atoms with Crippen molar-refractivity contribution in [2.45, 2.75) is 31.2 Å². The summed E-state index contributed by atoms with van der Waals surface area (Å²) in [5, 5.41) is 12.7. The van der Waals surface area contributed by atoms with E-state index in [-0.39, 0.29) is 18.3 Å². The van der Waals surface area contributed by atoms with Gasteiger partial charge >= 0.3 is 0 Å². The van der Waals surface area contributed by atoms with Gasteiger partial charge in [-0.15, -0.1) is 0 Å². The number of carbonyl (C=O) groups excluding carboxylic acids is 1. The quantitative estimate of drug-likeness (QED) is 0.672. The Hall–Kier alpha value is -2.80. The number of aliphatic hydroxyl groups excluding tert-OH is 1. The number of nitrogens with one attached hydrogen (secondary N) is 2. The lowest BCUT2D eigenvalue weighted by Crippen LogP contribution is -2.49. The van der Waals surface area contributed by atoms with E-state index in [2.05, 4.69) is 20.3 Å². The molecule has 134 valence electrons. The van der Waals surface area contributed by atoms with E-state index in [1.54, 1.807) is 24.4 Å². The number of halogens is 1. The number of nitrogens with zero attached hydrogens (tertiary/aromatic N) is 2. The number of hydrogen-bond donors (Lipinski definition) is 3. The van der Waals surface area contributed by atoms with E-state index in [1.807, 2.05) is 0 Å². The average Bonchev–Trinajstić information content (AvgIpc) is 3.29. The van der Waals surface area contributed by atoms with Gasteiger partial charge in [0.25, 0.3) is 5.91 Å². The maximum absolute atomic E-state index is 13.1. The molecule has 2 heterocycles. The Bertz CT molecular complexity index is 946. The van der Waals surface area contributed by atoms with E-state index in [0.717, 1.165) is 25.7 Å². The first-order valence-electron chi connectivity index (χ1n) is 8.64. The van der Waals surface area contributed by atoms with Gasteiger partial charge in [0.05, 0.1) is 17.7 Å². The van der Waals surface area contributed by atoms with Crippen molar-refractivity contribution in [2.75, 3.05) is 6.61 Å². The van der Waals surface area contributed by atoms with Crippen LogP contribution in [0, 0.1) is 5.82 Å². The Morgan fingerprint density at radius 2 is 1.96 bits per heavy atom. The Morgan fingerprint density at radius 3 is 2.65 bits per heavy atom. The Labute approximate surface area is 149 Å². The van der Waals surface area contributed by atoms with Gasteiger partial charge < -0.3 is 15.4 Å². The second-order valence-corrected chi connectivity index (χ2v) is 6.75. The van der Waals surface area contributed by atoms with E-state index in [9.17, 15) is 14.3 Å². The van der Waals surface area contributed by atoms with Crippen LogP contribution in [-0.2, 0) is 0 Å². The molecular formula is C19H19FN4O2. The molecule has 1 aliphatic carbocycles. The summed E-state index contributed by atoms with van der Waals surface area (Å²) in [4.78, 5) is 24.6. The highest BCUT2D eigenvalue weighted by Gasteiger charge is 2.35. The van der Waals surface area contributed by atoms with Crippen LogP contribution in [0.1, 0.15) is 36.0 Å². The van der Waals surface area contributed by atoms with Crippen molar-refractivity contribution in [1.82, 2.24) is 20.3 Å². The predicted octanol–water partition coefficient (Wildman–Crippen LogP) is 2.80. The summed E-state index contributed by atoms with van der Waals surface area (Å²) in [6.45, 7) is -0.0750. The number of imidazole rings is 1. The third kappa shape index (κ3) is 2.94. The predicted molar refractivity (Wildman–Crippen MR) is 95.0 cm³/mol. The molecule has 1 aliphatic rings. The number of amides is 1. The van der Waals surface area contributed by atoms with Crippen LogP contribution in [0.5, 0.6) is 0 Å². The van der Waals surface area contributed by atoms with Crippen LogP contribution < -0.4 is 5.32 Å². The minimum atomic E-state index is -0.553. The molecule has 1 aromatic carbocycles. The van der Waals surface area contributed by atoms with E-state index >= 15 is 0 Å². The molecule has 1 saturated carbocycles. The standard InChI is InChI=1S/C19H19FN4O2/c20-13-5-3-12(4-6-13)16-22-15-14(7-10-21-17(15)23-16)18(26)24-19(11-25)8-1-2-9-19/h3-7,10,25H,1-2,8-9,11H2,(H,24,26)(H,21,22,23). The van der Waals surface area contributed by atoms with Gasteiger partial charge in [0.1, 0.15) is 17.2 Å². The van der Waals surface area contributed by atoms with Gasteiger partial charge in [0, 0.05) is 11.8 Å². The van der Waals surface area contributed by atoms with Crippen LogP contribution in [0.4, 0.5) is 4.39 Å². The number of pyridine rings is 1. The topological polar surface area (TPSA) is 90.9 Å². The Kier molecular flexibility index (Phi) is 4.16. The fourth-order valence-corrected chi connectivity index (χ4v) is 3.52. The highest BCUT2D eigenvalue weighted by Crippen LogP contribution is 2.30. The summed E-state index contributed by atoms with van der Waals surface area (Å²) in [7, 11) is 0. The number of aromatic nitrogens is 3. The molecule has 3 aromatic rings. The fourth-order valence-electron chi connectivity index (χ4n) is 3.52. The summed E-state index contributed by atoms with van der Waals surface area (Å²) in [6.07, 6.45) is 5.06. The van der Waals surface area contributed by atoms with Crippen LogP contribution >= 0.6 is 0 Å². The van der Waals surface area contributed by atoms with Crippen molar-refractivity contribution < 1.29 is 14.3 Å². The second kappa shape index (κ2) is 6.49. The van der Waals surface area contributed by atoms with E-state index in [0.29, 0.717) is 28.1 Å².